The van der Waals surface area contributed by atoms with Gasteiger partial charge in [0.1, 0.15) is 36.1 Å². The van der Waals surface area contributed by atoms with E-state index in [4.69, 9.17) is 25.8 Å². The van der Waals surface area contributed by atoms with Crippen LogP contribution in [0.15, 0.2) is 46.3 Å². The van der Waals surface area contributed by atoms with Gasteiger partial charge in [-0.15, -0.1) is 0 Å². The maximum absolute atomic E-state index is 12.0. The van der Waals surface area contributed by atoms with Crippen molar-refractivity contribution in [2.24, 2.45) is 10.9 Å². The highest BCUT2D eigenvalue weighted by atomic mass is 79.9. The van der Waals surface area contributed by atoms with E-state index < -0.39 is 17.8 Å². The maximum Gasteiger partial charge on any atom is 0.303 e. The van der Waals surface area contributed by atoms with Crippen molar-refractivity contribution in [3.63, 3.8) is 0 Å². The smallest absolute Gasteiger partial charge is 0.303 e. The Morgan fingerprint density at radius 3 is 2.86 bits per heavy atom. The molecule has 35 heavy (non-hydrogen) atoms. The van der Waals surface area contributed by atoms with Crippen LogP contribution in [0.3, 0.4) is 0 Å². The maximum atomic E-state index is 12.0. The molecule has 3 aromatic rings. The van der Waals surface area contributed by atoms with Crippen LogP contribution in [0.5, 0.6) is 5.75 Å². The van der Waals surface area contributed by atoms with Gasteiger partial charge in [-0.25, -0.2) is 9.97 Å². The molecule has 1 spiro atoms. The normalized spacial score (nSPS) is 30.9. The molecule has 10 heteroatoms. The molecule has 0 bridgehead atoms. The van der Waals surface area contributed by atoms with Gasteiger partial charge in [-0.05, 0) is 34.1 Å². The van der Waals surface area contributed by atoms with Crippen molar-refractivity contribution in [3.05, 3.63) is 52.1 Å². The molecule has 0 amide bonds. The number of benzene rings is 1. The van der Waals surface area contributed by atoms with Gasteiger partial charge in [-0.3, -0.25) is 14.8 Å². The molecule has 1 aliphatic carbocycles. The highest BCUT2D eigenvalue weighted by Gasteiger charge is 2.63. The Morgan fingerprint density at radius 1 is 1.23 bits per heavy atom. The molecular formula is C25H22BrClN4O4. The number of aliphatic imine (C=N–C) groups is 1. The Balaban J connectivity index is 1.21. The summed E-state index contributed by atoms with van der Waals surface area (Å²) in [5, 5.41) is 1.34. The number of halogens is 2. The minimum Gasteiger partial charge on any atom is -0.490 e. The third-order valence-corrected chi connectivity index (χ3v) is 7.94. The molecule has 4 heterocycles. The van der Waals surface area contributed by atoms with Crippen LogP contribution < -0.4 is 4.74 Å². The second kappa shape index (κ2) is 8.50. The number of ether oxygens (including phenoxy) is 3. The van der Waals surface area contributed by atoms with E-state index in [-0.39, 0.29) is 23.9 Å². The van der Waals surface area contributed by atoms with Gasteiger partial charge < -0.3 is 14.2 Å². The first kappa shape index (κ1) is 22.8. The predicted octanol–water partition coefficient (Wildman–Crippen LogP) is 5.19. The largest absolute Gasteiger partial charge is 0.490 e. The quantitative estimate of drug-likeness (QED) is 0.322. The topological polar surface area (TPSA) is 95.8 Å². The summed E-state index contributed by atoms with van der Waals surface area (Å²) >= 11 is 9.66. The van der Waals surface area contributed by atoms with E-state index >= 15 is 0 Å². The van der Waals surface area contributed by atoms with E-state index in [0.717, 1.165) is 21.1 Å². The molecule has 1 saturated carbocycles. The van der Waals surface area contributed by atoms with Crippen molar-refractivity contribution < 1.29 is 19.0 Å². The number of esters is 1. The average Bonchev–Trinajstić information content (AvgIpc) is 3.34. The molecule has 2 aliphatic heterocycles. The molecule has 4 atom stereocenters. The second-order valence-corrected chi connectivity index (χ2v) is 10.6. The average molecular weight is 558 g/mol. The van der Waals surface area contributed by atoms with E-state index in [1.165, 1.54) is 13.3 Å². The third-order valence-electron chi connectivity index (χ3n) is 7.23. The van der Waals surface area contributed by atoms with Crippen molar-refractivity contribution >= 4 is 56.3 Å². The van der Waals surface area contributed by atoms with Crippen molar-refractivity contribution in [3.8, 4) is 5.75 Å². The Bertz CT molecular complexity index is 1360. The number of carbonyl (C=O) groups is 1. The number of aromatic nitrogens is 3. The number of nitrogens with zero attached hydrogens (tertiary/aromatic N) is 4. The second-order valence-electron chi connectivity index (χ2n) is 9.37. The molecule has 6 rings (SSSR count). The van der Waals surface area contributed by atoms with Gasteiger partial charge in [0.15, 0.2) is 5.15 Å². The van der Waals surface area contributed by atoms with E-state index in [0.29, 0.717) is 29.4 Å². The fourth-order valence-electron chi connectivity index (χ4n) is 5.47. The minimum atomic E-state index is -0.456. The standard InChI is InChI=1S/C25H22BrClN4O4/c1-12-22(33-13(2)32)23(18-10-29-21-20(18)30-11-31-24(21)27)35-25(12)7-17(8-25)34-16-4-3-14-5-15(26)9-28-19(14)6-16/h3-6,9-12,17-18,22-23H,7-8H2,1-2H3/t12-,17-,18?,22?,23-,25-/m0/s1. The molecule has 8 nitrogen and oxygen atoms in total. The van der Waals surface area contributed by atoms with Gasteiger partial charge in [-0.1, -0.05) is 18.5 Å². The fraction of sp³-hybridized carbons (Fsp3) is 0.400. The highest BCUT2D eigenvalue weighted by Crippen LogP contribution is 2.55. The Kier molecular flexibility index (Phi) is 5.54. The summed E-state index contributed by atoms with van der Waals surface area (Å²) in [7, 11) is 0. The summed E-state index contributed by atoms with van der Waals surface area (Å²) < 4.78 is 19.7. The zero-order valence-electron chi connectivity index (χ0n) is 19.0. The number of rotatable bonds is 4. The Morgan fingerprint density at radius 2 is 2.06 bits per heavy atom. The van der Waals surface area contributed by atoms with Crippen LogP contribution in [-0.4, -0.2) is 51.0 Å². The summed E-state index contributed by atoms with van der Waals surface area (Å²) in [6, 6.07) is 7.93. The predicted molar refractivity (Wildman–Crippen MR) is 133 cm³/mol. The zero-order chi connectivity index (χ0) is 24.3. The Labute approximate surface area is 215 Å². The summed E-state index contributed by atoms with van der Waals surface area (Å²) in [5.74, 6) is 0.129. The number of pyridine rings is 1. The van der Waals surface area contributed by atoms with Crippen molar-refractivity contribution in [1.82, 2.24) is 15.0 Å². The first-order valence-electron chi connectivity index (χ1n) is 11.4. The van der Waals surface area contributed by atoms with Crippen molar-refractivity contribution in [2.75, 3.05) is 0 Å². The van der Waals surface area contributed by atoms with E-state index in [1.54, 1.807) is 12.4 Å². The summed E-state index contributed by atoms with van der Waals surface area (Å²) in [6.07, 6.45) is 5.47. The van der Waals surface area contributed by atoms with Crippen LogP contribution in [0.4, 0.5) is 5.69 Å². The fourth-order valence-corrected chi connectivity index (χ4v) is 6.01. The van der Waals surface area contributed by atoms with Crippen LogP contribution >= 0.6 is 27.5 Å². The van der Waals surface area contributed by atoms with Gasteiger partial charge in [0, 0.05) is 54.0 Å². The molecule has 2 aromatic heterocycles. The SMILES string of the molecule is CC(=O)OC1[C@H](C2C=Nc3c(Cl)ncnc32)O[C@]2(C[C@H](Oc3ccc4cc(Br)cnc4c3)C2)[C@H]1C. The molecule has 1 aromatic carbocycles. The molecule has 0 N–H and O–H groups in total. The molecule has 2 fully saturated rings. The first-order valence-corrected chi connectivity index (χ1v) is 12.6. The van der Waals surface area contributed by atoms with Gasteiger partial charge in [0.25, 0.3) is 0 Å². The summed E-state index contributed by atoms with van der Waals surface area (Å²) in [5.41, 5.74) is 1.66. The van der Waals surface area contributed by atoms with Gasteiger partial charge in [0.2, 0.25) is 0 Å². The van der Waals surface area contributed by atoms with Gasteiger partial charge in [-0.2, -0.15) is 0 Å². The third kappa shape index (κ3) is 3.90. The van der Waals surface area contributed by atoms with Crippen LogP contribution in [0, 0.1) is 5.92 Å². The van der Waals surface area contributed by atoms with Crippen LogP contribution in [0.25, 0.3) is 10.9 Å². The summed E-state index contributed by atoms with van der Waals surface area (Å²) in [6.45, 7) is 3.49. The molecule has 1 saturated heterocycles. The van der Waals surface area contributed by atoms with E-state index in [2.05, 4.69) is 42.8 Å². The lowest BCUT2D eigenvalue weighted by Crippen LogP contribution is -2.54. The highest BCUT2D eigenvalue weighted by molar-refractivity contribution is 9.10. The Hall–Kier alpha value is -2.62. The monoisotopic (exact) mass is 556 g/mol. The molecule has 3 aliphatic rings. The number of hydrogen-bond acceptors (Lipinski definition) is 8. The lowest BCUT2D eigenvalue weighted by Gasteiger charge is -2.47. The van der Waals surface area contributed by atoms with Crippen molar-refractivity contribution in [2.45, 2.75) is 56.5 Å². The number of fused-ring (bicyclic) bond motifs is 2. The van der Waals surface area contributed by atoms with E-state index in [9.17, 15) is 4.79 Å². The lowest BCUT2D eigenvalue weighted by atomic mass is 9.69. The van der Waals surface area contributed by atoms with Crippen LogP contribution in [-0.2, 0) is 14.3 Å². The van der Waals surface area contributed by atoms with E-state index in [1.807, 2.05) is 24.3 Å². The van der Waals surface area contributed by atoms with Crippen molar-refractivity contribution in [1.29, 1.82) is 0 Å². The zero-order valence-corrected chi connectivity index (χ0v) is 21.4. The van der Waals surface area contributed by atoms with Crippen LogP contribution in [0.1, 0.15) is 38.3 Å². The van der Waals surface area contributed by atoms with Gasteiger partial charge in [0.05, 0.1) is 22.7 Å². The van der Waals surface area contributed by atoms with Crippen LogP contribution in [0.2, 0.25) is 5.15 Å². The number of hydrogen-bond donors (Lipinski definition) is 0. The van der Waals surface area contributed by atoms with Gasteiger partial charge >= 0.3 is 5.97 Å². The summed E-state index contributed by atoms with van der Waals surface area (Å²) in [4.78, 5) is 29.3. The molecule has 2 unspecified atom stereocenters. The minimum absolute atomic E-state index is 0.0108. The first-order chi connectivity index (χ1) is 16.8. The molecule has 0 radical (unpaired) electrons. The number of carbonyl (C=O) groups excluding carboxylic acids is 1. The molecule has 180 valence electrons. The lowest BCUT2D eigenvalue weighted by molar-refractivity contribution is -0.156. The molecular weight excluding hydrogens is 536 g/mol.